The molecule has 1 aliphatic carbocycles. The molecule has 234 valence electrons. The average Bonchev–Trinajstić information content (AvgIpc) is 3.55. The van der Waals surface area contributed by atoms with E-state index < -0.39 is 6.10 Å². The Balaban J connectivity index is 0.000000175. The van der Waals surface area contributed by atoms with Crippen molar-refractivity contribution in [2.45, 2.75) is 58.7 Å². The summed E-state index contributed by atoms with van der Waals surface area (Å²) >= 11 is 0. The van der Waals surface area contributed by atoms with Gasteiger partial charge in [0.25, 0.3) is 0 Å². The zero-order chi connectivity index (χ0) is 32.2. The number of hydrogen-bond donors (Lipinski definition) is 4. The number of ether oxygens (including phenoxy) is 1. The second-order valence-electron chi connectivity index (χ2n) is 11.1. The van der Waals surface area contributed by atoms with E-state index in [1.54, 1.807) is 40.5 Å². The summed E-state index contributed by atoms with van der Waals surface area (Å²) < 4.78 is 5.85. The molecule has 6 heteroatoms. The van der Waals surface area contributed by atoms with E-state index in [-0.39, 0.29) is 17.9 Å². The van der Waals surface area contributed by atoms with E-state index in [2.05, 4.69) is 37.5 Å². The summed E-state index contributed by atoms with van der Waals surface area (Å²) in [6.07, 6.45) is 5.59. The Morgan fingerprint density at radius 2 is 1.49 bits per heavy atom. The number of nitrogens with two attached hydrogens (primary N) is 1. The molecule has 6 nitrogen and oxygen atoms in total. The lowest BCUT2D eigenvalue weighted by molar-refractivity contribution is 0.188. The summed E-state index contributed by atoms with van der Waals surface area (Å²) in [4.78, 5) is 14.4. The van der Waals surface area contributed by atoms with Crippen LogP contribution in [0.5, 0.6) is 5.75 Å². The molecule has 0 bridgehead atoms. The number of aromatic amines is 1. The predicted octanol–water partition coefficient (Wildman–Crippen LogP) is 7.61. The number of aromatic nitrogens is 1. The summed E-state index contributed by atoms with van der Waals surface area (Å²) in [6, 6.07) is 30.5. The van der Waals surface area contributed by atoms with Crippen LogP contribution in [0.25, 0.3) is 16.7 Å². The van der Waals surface area contributed by atoms with E-state index in [0.717, 1.165) is 16.5 Å². The maximum absolute atomic E-state index is 11.7. The molecule has 0 saturated carbocycles. The first-order valence-corrected chi connectivity index (χ1v) is 15.6. The standard InChI is InChI=1S/C18H18N2O3.C13H18.C8H8O/c19-10-15(21)13-6-8-16(18-14(13)7-9-17(22)20-18)23-11-12-4-2-1-3-5-12;1-3-10-8-12-6-5-7-13(12)9-11(10)4-2;1-7(9)8-5-3-2-4-6-8/h1-9,15,21H,10-11,19H2,(H,20,22);8-9H,3-7H2,1-2H3;2-6,9H,1H2. The lowest BCUT2D eigenvalue weighted by Gasteiger charge is -2.15. The summed E-state index contributed by atoms with van der Waals surface area (Å²) in [5, 5.41) is 19.6. The van der Waals surface area contributed by atoms with Gasteiger partial charge < -0.3 is 25.7 Å². The molecule has 0 amide bonds. The number of pyridine rings is 1. The minimum Gasteiger partial charge on any atom is -0.508 e. The topological polar surface area (TPSA) is 109 Å². The number of nitrogens with one attached hydrogen (secondary N) is 1. The van der Waals surface area contributed by atoms with Gasteiger partial charge in [0.05, 0.1) is 11.6 Å². The highest BCUT2D eigenvalue weighted by Crippen LogP contribution is 2.30. The summed E-state index contributed by atoms with van der Waals surface area (Å²) in [5.41, 5.74) is 14.8. The first kappa shape index (κ1) is 33.2. The van der Waals surface area contributed by atoms with Crippen LogP contribution in [0.15, 0.2) is 108 Å². The van der Waals surface area contributed by atoms with Crippen LogP contribution in [-0.2, 0) is 32.3 Å². The molecule has 5 N–H and O–H groups in total. The molecule has 5 aromatic rings. The third-order valence-corrected chi connectivity index (χ3v) is 7.99. The van der Waals surface area contributed by atoms with Gasteiger partial charge in [0.2, 0.25) is 5.56 Å². The highest BCUT2D eigenvalue weighted by atomic mass is 16.5. The smallest absolute Gasteiger partial charge is 0.248 e. The monoisotopic (exact) mass is 604 g/mol. The van der Waals surface area contributed by atoms with Gasteiger partial charge in [-0.15, -0.1) is 0 Å². The molecule has 0 fully saturated rings. The normalized spacial score (nSPS) is 12.3. The van der Waals surface area contributed by atoms with Crippen LogP contribution in [0.3, 0.4) is 0 Å². The van der Waals surface area contributed by atoms with Gasteiger partial charge in [0.1, 0.15) is 18.1 Å². The number of H-pyrrole nitrogens is 1. The van der Waals surface area contributed by atoms with Gasteiger partial charge >= 0.3 is 0 Å². The van der Waals surface area contributed by atoms with Crippen molar-refractivity contribution in [3.8, 4) is 5.75 Å². The van der Waals surface area contributed by atoms with E-state index >= 15 is 0 Å². The van der Waals surface area contributed by atoms with Gasteiger partial charge in [0.15, 0.2) is 0 Å². The molecule has 1 heterocycles. The molecule has 4 aromatic carbocycles. The van der Waals surface area contributed by atoms with Gasteiger partial charge in [-0.25, -0.2) is 0 Å². The Morgan fingerprint density at radius 3 is 2.02 bits per heavy atom. The maximum Gasteiger partial charge on any atom is 0.248 e. The first-order chi connectivity index (χ1) is 21.8. The van der Waals surface area contributed by atoms with Crippen LogP contribution in [0.4, 0.5) is 0 Å². The molecule has 0 radical (unpaired) electrons. The third-order valence-electron chi connectivity index (χ3n) is 7.99. The van der Waals surface area contributed by atoms with Crippen LogP contribution < -0.4 is 16.0 Å². The second-order valence-corrected chi connectivity index (χ2v) is 11.1. The summed E-state index contributed by atoms with van der Waals surface area (Å²) in [6.45, 7) is 8.40. The Kier molecular flexibility index (Phi) is 12.1. The fourth-order valence-electron chi connectivity index (χ4n) is 5.54. The molecular weight excluding hydrogens is 560 g/mol. The number of aliphatic hydroxyl groups excluding tert-OH is 2. The quantitative estimate of drug-likeness (QED) is 0.136. The fraction of sp³-hybridized carbons (Fsp3) is 0.256. The van der Waals surface area contributed by atoms with Gasteiger partial charge in [-0.2, -0.15) is 0 Å². The number of fused-ring (bicyclic) bond motifs is 2. The van der Waals surface area contributed by atoms with Crippen molar-refractivity contribution in [2.24, 2.45) is 5.73 Å². The number of aryl methyl sites for hydroxylation is 4. The number of rotatable bonds is 8. The Morgan fingerprint density at radius 1 is 0.889 bits per heavy atom. The van der Waals surface area contributed by atoms with E-state index in [1.807, 2.05) is 60.7 Å². The molecule has 6 rings (SSSR count). The number of aliphatic hydroxyl groups is 2. The zero-order valence-electron chi connectivity index (χ0n) is 26.3. The largest absolute Gasteiger partial charge is 0.508 e. The highest BCUT2D eigenvalue weighted by Gasteiger charge is 2.14. The SMILES string of the molecule is C=C(O)c1ccccc1.CCc1cc2c(cc1CC)CCC2.NCC(O)c1ccc(OCc2ccccc2)c2[nH]c(=O)ccc12. The van der Waals surface area contributed by atoms with Crippen molar-refractivity contribution >= 4 is 16.7 Å². The van der Waals surface area contributed by atoms with Crippen molar-refractivity contribution < 1.29 is 14.9 Å². The summed E-state index contributed by atoms with van der Waals surface area (Å²) in [7, 11) is 0. The van der Waals surface area contributed by atoms with Crippen molar-refractivity contribution in [3.63, 3.8) is 0 Å². The van der Waals surface area contributed by atoms with Crippen LogP contribution >= 0.6 is 0 Å². The molecule has 1 atom stereocenters. The lowest BCUT2D eigenvalue weighted by Crippen LogP contribution is -2.13. The summed E-state index contributed by atoms with van der Waals surface area (Å²) in [5.74, 6) is 0.685. The molecule has 1 aliphatic rings. The number of hydrogen-bond acceptors (Lipinski definition) is 5. The minimum absolute atomic E-state index is 0.110. The molecule has 0 saturated heterocycles. The minimum atomic E-state index is -0.786. The predicted molar refractivity (Wildman–Crippen MR) is 185 cm³/mol. The van der Waals surface area contributed by atoms with Gasteiger partial charge in [0, 0.05) is 23.6 Å². The highest BCUT2D eigenvalue weighted by molar-refractivity contribution is 5.87. The van der Waals surface area contributed by atoms with Crippen LogP contribution in [-0.4, -0.2) is 21.7 Å². The van der Waals surface area contributed by atoms with E-state index in [1.165, 1.54) is 38.2 Å². The Labute approximate surface area is 265 Å². The van der Waals surface area contributed by atoms with Crippen molar-refractivity contribution in [1.82, 2.24) is 4.98 Å². The van der Waals surface area contributed by atoms with Crippen molar-refractivity contribution in [1.29, 1.82) is 0 Å². The van der Waals surface area contributed by atoms with Gasteiger partial charge in [-0.1, -0.05) is 99.3 Å². The molecule has 0 aliphatic heterocycles. The first-order valence-electron chi connectivity index (χ1n) is 15.6. The Hall–Kier alpha value is -4.65. The molecule has 0 spiro atoms. The molecular formula is C39H44N2O4. The van der Waals surface area contributed by atoms with Crippen LogP contribution in [0, 0.1) is 0 Å². The van der Waals surface area contributed by atoms with Crippen LogP contribution in [0.2, 0.25) is 0 Å². The molecule has 1 aromatic heterocycles. The van der Waals surface area contributed by atoms with E-state index in [9.17, 15) is 9.90 Å². The van der Waals surface area contributed by atoms with E-state index in [0.29, 0.717) is 23.4 Å². The molecule has 1 unspecified atom stereocenters. The van der Waals surface area contributed by atoms with E-state index in [4.69, 9.17) is 15.6 Å². The molecule has 45 heavy (non-hydrogen) atoms. The fourth-order valence-corrected chi connectivity index (χ4v) is 5.54. The Bertz CT molecular complexity index is 1720. The number of benzene rings is 4. The average molecular weight is 605 g/mol. The lowest BCUT2D eigenvalue weighted by atomic mass is 9.97. The second kappa shape index (κ2) is 16.4. The third kappa shape index (κ3) is 8.94. The van der Waals surface area contributed by atoms with Gasteiger partial charge in [-0.3, -0.25) is 4.79 Å². The van der Waals surface area contributed by atoms with Gasteiger partial charge in [-0.05, 0) is 77.6 Å². The zero-order valence-corrected chi connectivity index (χ0v) is 26.3. The van der Waals surface area contributed by atoms with Crippen molar-refractivity contribution in [3.05, 3.63) is 153 Å². The van der Waals surface area contributed by atoms with Crippen molar-refractivity contribution in [2.75, 3.05) is 6.54 Å². The maximum atomic E-state index is 11.7. The van der Waals surface area contributed by atoms with Crippen LogP contribution in [0.1, 0.15) is 65.3 Å².